The van der Waals surface area contributed by atoms with E-state index < -0.39 is 5.41 Å². The molecule has 0 aliphatic heterocycles. The zero-order chi connectivity index (χ0) is 13.0. The average molecular weight is 287 g/mol. The van der Waals surface area contributed by atoms with Gasteiger partial charge in [0.15, 0.2) is 0 Å². The van der Waals surface area contributed by atoms with Gasteiger partial charge in [0.25, 0.3) is 0 Å². The first-order chi connectivity index (χ1) is 8.70. The van der Waals surface area contributed by atoms with Gasteiger partial charge in [0.05, 0.1) is 6.26 Å². The van der Waals surface area contributed by atoms with Crippen LogP contribution >= 0.6 is 23.2 Å². The van der Waals surface area contributed by atoms with E-state index >= 15 is 0 Å². The SMILES string of the molecule is Fc1ccc(C(CCl)(CCl)Cc2ccco2)cc1. The van der Waals surface area contributed by atoms with Crippen LogP contribution in [-0.2, 0) is 11.8 Å². The Morgan fingerprint density at radius 1 is 1.06 bits per heavy atom. The Morgan fingerprint density at radius 2 is 1.72 bits per heavy atom. The Balaban J connectivity index is 2.33. The van der Waals surface area contributed by atoms with Crippen molar-refractivity contribution in [3.8, 4) is 0 Å². The molecule has 0 radical (unpaired) electrons. The second-order valence-corrected chi connectivity index (χ2v) is 4.85. The third-order valence-electron chi connectivity index (χ3n) is 3.06. The zero-order valence-corrected chi connectivity index (χ0v) is 11.2. The fraction of sp³-hybridized carbons (Fsp3) is 0.286. The zero-order valence-electron chi connectivity index (χ0n) is 9.70. The van der Waals surface area contributed by atoms with E-state index in [9.17, 15) is 4.39 Å². The smallest absolute Gasteiger partial charge is 0.123 e. The molecular weight excluding hydrogens is 274 g/mol. The van der Waals surface area contributed by atoms with Crippen molar-refractivity contribution in [2.24, 2.45) is 0 Å². The molecule has 0 atom stereocenters. The van der Waals surface area contributed by atoms with Gasteiger partial charge < -0.3 is 4.42 Å². The Bertz CT molecular complexity index is 475. The first-order valence-corrected chi connectivity index (χ1v) is 6.67. The molecule has 0 saturated carbocycles. The summed E-state index contributed by atoms with van der Waals surface area (Å²) < 4.78 is 18.3. The number of hydrogen-bond donors (Lipinski definition) is 0. The van der Waals surface area contributed by atoms with Crippen LogP contribution in [0.2, 0.25) is 0 Å². The molecule has 18 heavy (non-hydrogen) atoms. The second-order valence-electron chi connectivity index (χ2n) is 4.31. The summed E-state index contributed by atoms with van der Waals surface area (Å²) in [5.74, 6) is 1.25. The first kappa shape index (κ1) is 13.4. The molecule has 1 aromatic heterocycles. The summed E-state index contributed by atoms with van der Waals surface area (Å²) >= 11 is 12.2. The number of alkyl halides is 2. The number of benzene rings is 1. The van der Waals surface area contributed by atoms with Crippen molar-refractivity contribution >= 4 is 23.2 Å². The van der Waals surface area contributed by atoms with Crippen molar-refractivity contribution in [3.63, 3.8) is 0 Å². The second kappa shape index (κ2) is 5.77. The van der Waals surface area contributed by atoms with E-state index in [0.29, 0.717) is 18.2 Å². The molecule has 0 N–H and O–H groups in total. The van der Waals surface area contributed by atoms with Gasteiger partial charge in [0.1, 0.15) is 11.6 Å². The van der Waals surface area contributed by atoms with Crippen LogP contribution in [0.3, 0.4) is 0 Å². The lowest BCUT2D eigenvalue weighted by Gasteiger charge is -2.29. The molecule has 0 aliphatic carbocycles. The fourth-order valence-electron chi connectivity index (χ4n) is 1.94. The minimum atomic E-state index is -0.436. The van der Waals surface area contributed by atoms with Gasteiger partial charge in [-0.2, -0.15) is 0 Å². The van der Waals surface area contributed by atoms with Crippen LogP contribution in [0, 0.1) is 5.82 Å². The molecule has 0 fully saturated rings. The number of furan rings is 1. The van der Waals surface area contributed by atoms with Gasteiger partial charge in [-0.25, -0.2) is 4.39 Å². The van der Waals surface area contributed by atoms with Gasteiger partial charge in [-0.05, 0) is 29.8 Å². The van der Waals surface area contributed by atoms with Crippen molar-refractivity contribution in [3.05, 3.63) is 59.8 Å². The van der Waals surface area contributed by atoms with Crippen LogP contribution in [0.1, 0.15) is 11.3 Å². The standard InChI is InChI=1S/C14H13Cl2FO/c15-9-14(10-16,8-13-2-1-7-18-13)11-3-5-12(17)6-4-11/h1-7H,8-10H2. The summed E-state index contributed by atoms with van der Waals surface area (Å²) in [6.07, 6.45) is 2.21. The third kappa shape index (κ3) is 2.70. The maximum Gasteiger partial charge on any atom is 0.123 e. The highest BCUT2D eigenvalue weighted by Crippen LogP contribution is 2.32. The summed E-state index contributed by atoms with van der Waals surface area (Å²) in [4.78, 5) is 0. The topological polar surface area (TPSA) is 13.1 Å². The molecule has 0 unspecified atom stereocenters. The van der Waals surface area contributed by atoms with E-state index in [1.54, 1.807) is 18.4 Å². The monoisotopic (exact) mass is 286 g/mol. The minimum absolute atomic E-state index is 0.269. The van der Waals surface area contributed by atoms with Crippen LogP contribution in [0.4, 0.5) is 4.39 Å². The number of rotatable bonds is 5. The average Bonchev–Trinajstić information content (AvgIpc) is 2.90. The van der Waals surface area contributed by atoms with Crippen LogP contribution < -0.4 is 0 Å². The van der Waals surface area contributed by atoms with E-state index in [1.807, 2.05) is 12.1 Å². The van der Waals surface area contributed by atoms with Crippen molar-refractivity contribution in [1.29, 1.82) is 0 Å². The summed E-state index contributed by atoms with van der Waals surface area (Å²) in [5.41, 5.74) is 0.486. The van der Waals surface area contributed by atoms with Crippen LogP contribution in [0.15, 0.2) is 47.1 Å². The Hall–Kier alpha value is -0.990. The van der Waals surface area contributed by atoms with Crippen LogP contribution in [0.25, 0.3) is 0 Å². The fourth-order valence-corrected chi connectivity index (χ4v) is 2.72. The van der Waals surface area contributed by atoms with Gasteiger partial charge in [-0.3, -0.25) is 0 Å². The highest BCUT2D eigenvalue weighted by atomic mass is 35.5. The molecule has 0 amide bonds. The predicted octanol–water partition coefficient (Wildman–Crippen LogP) is 4.38. The van der Waals surface area contributed by atoms with Crippen LogP contribution in [-0.4, -0.2) is 11.8 Å². The van der Waals surface area contributed by atoms with Gasteiger partial charge in [0.2, 0.25) is 0 Å². The van der Waals surface area contributed by atoms with E-state index in [4.69, 9.17) is 27.6 Å². The van der Waals surface area contributed by atoms with Crippen molar-refractivity contribution < 1.29 is 8.81 Å². The summed E-state index contributed by atoms with van der Waals surface area (Å²) in [6.45, 7) is 0. The molecule has 0 aliphatic rings. The number of halogens is 3. The van der Waals surface area contributed by atoms with E-state index in [2.05, 4.69) is 0 Å². The molecule has 1 heterocycles. The first-order valence-electron chi connectivity index (χ1n) is 5.60. The van der Waals surface area contributed by atoms with Gasteiger partial charge in [-0.1, -0.05) is 12.1 Å². The van der Waals surface area contributed by atoms with E-state index in [0.717, 1.165) is 11.3 Å². The maximum atomic E-state index is 13.0. The van der Waals surface area contributed by atoms with Gasteiger partial charge >= 0.3 is 0 Å². The molecule has 0 saturated heterocycles. The minimum Gasteiger partial charge on any atom is -0.469 e. The summed E-state index contributed by atoms with van der Waals surface area (Å²) in [6, 6.07) is 10.0. The molecule has 2 rings (SSSR count). The normalized spacial score (nSPS) is 11.7. The van der Waals surface area contributed by atoms with Crippen molar-refractivity contribution in [2.45, 2.75) is 11.8 Å². The molecule has 2 aromatic rings. The molecular formula is C14H13Cl2FO. The molecule has 0 spiro atoms. The summed E-state index contributed by atoms with van der Waals surface area (Å²) in [5, 5.41) is 0. The lowest BCUT2D eigenvalue weighted by Crippen LogP contribution is -2.33. The van der Waals surface area contributed by atoms with E-state index in [-0.39, 0.29) is 5.82 Å². The van der Waals surface area contributed by atoms with Crippen molar-refractivity contribution in [1.82, 2.24) is 0 Å². The summed E-state index contributed by atoms with van der Waals surface area (Å²) in [7, 11) is 0. The number of hydrogen-bond acceptors (Lipinski definition) is 1. The molecule has 4 heteroatoms. The highest BCUT2D eigenvalue weighted by molar-refractivity contribution is 6.22. The Labute approximate surface area is 116 Å². The van der Waals surface area contributed by atoms with Gasteiger partial charge in [0, 0.05) is 23.6 Å². The molecule has 1 aromatic carbocycles. The largest absolute Gasteiger partial charge is 0.469 e. The lowest BCUT2D eigenvalue weighted by molar-refractivity contribution is 0.437. The maximum absolute atomic E-state index is 13.0. The molecule has 1 nitrogen and oxygen atoms in total. The Morgan fingerprint density at radius 3 is 2.22 bits per heavy atom. The molecule has 96 valence electrons. The quantitative estimate of drug-likeness (QED) is 0.744. The van der Waals surface area contributed by atoms with Crippen molar-refractivity contribution in [2.75, 3.05) is 11.8 Å². The molecule has 0 bridgehead atoms. The third-order valence-corrected chi connectivity index (χ3v) is 4.08. The van der Waals surface area contributed by atoms with Crippen LogP contribution in [0.5, 0.6) is 0 Å². The lowest BCUT2D eigenvalue weighted by atomic mass is 9.80. The predicted molar refractivity (Wildman–Crippen MR) is 71.9 cm³/mol. The van der Waals surface area contributed by atoms with E-state index in [1.165, 1.54) is 12.1 Å². The van der Waals surface area contributed by atoms with Gasteiger partial charge in [-0.15, -0.1) is 23.2 Å². The highest BCUT2D eigenvalue weighted by Gasteiger charge is 2.32. The Kier molecular flexibility index (Phi) is 4.31.